The molecule has 6 heteroatoms. The van der Waals surface area contributed by atoms with E-state index in [2.05, 4.69) is 4.98 Å². The summed E-state index contributed by atoms with van der Waals surface area (Å²) in [7, 11) is -3.14. The normalized spacial score (nSPS) is 11.9. The van der Waals surface area contributed by atoms with Crippen molar-refractivity contribution in [2.75, 3.05) is 6.26 Å². The molecule has 0 saturated carbocycles. The van der Waals surface area contributed by atoms with Gasteiger partial charge in [0.2, 0.25) is 0 Å². The molecule has 0 radical (unpaired) electrons. The number of hydrogen-bond acceptors (Lipinski definition) is 4. The number of hydrogen-bond donors (Lipinski definition) is 0. The Morgan fingerprint density at radius 3 is 2.27 bits per heavy atom. The molecule has 0 aromatic carbocycles. The first-order valence-corrected chi connectivity index (χ1v) is 5.83. The molecule has 0 spiro atoms. The van der Waals surface area contributed by atoms with Gasteiger partial charge in [0, 0.05) is 6.26 Å². The second-order valence-electron chi connectivity index (χ2n) is 2.11. The molecule has 1 heterocycles. The van der Waals surface area contributed by atoms with Gasteiger partial charge in [0.25, 0.3) is 0 Å². The summed E-state index contributed by atoms with van der Waals surface area (Å²) in [5, 5.41) is 0. The highest BCUT2D eigenvalue weighted by atomic mass is 35.5. The summed E-state index contributed by atoms with van der Waals surface area (Å²) in [6.07, 6.45) is 1.14. The molecule has 0 aliphatic carbocycles. The lowest BCUT2D eigenvalue weighted by Crippen LogP contribution is -1.95. The highest BCUT2D eigenvalue weighted by Crippen LogP contribution is 2.26. The van der Waals surface area contributed by atoms with Crippen molar-refractivity contribution < 1.29 is 8.42 Å². The number of aromatic nitrogens is 1. The van der Waals surface area contributed by atoms with Crippen molar-refractivity contribution in [1.29, 1.82) is 0 Å². The lowest BCUT2D eigenvalue weighted by Gasteiger charge is -1.90. The molecule has 0 atom stereocenters. The summed E-state index contributed by atoms with van der Waals surface area (Å²) in [6.45, 7) is 1.62. The maximum Gasteiger partial charge on any atom is 0.186 e. The first kappa shape index (κ1) is 8.96. The Balaban J connectivity index is 3.36. The predicted molar refractivity (Wildman–Crippen MR) is 45.0 cm³/mol. The number of rotatable bonds is 1. The van der Waals surface area contributed by atoms with E-state index in [1.807, 2.05) is 0 Å². The Hall–Kier alpha value is -0.130. The number of aryl methyl sites for hydroxylation is 1. The standard InChI is InChI=1S/C5H6ClNO2S2/c1-3-4(11(2,8)9)10-5(6)7-3/h1-2H3. The van der Waals surface area contributed by atoms with Crippen LogP contribution >= 0.6 is 22.9 Å². The average Bonchev–Trinajstić information content (AvgIpc) is 2.08. The monoisotopic (exact) mass is 211 g/mol. The zero-order chi connectivity index (χ0) is 8.65. The van der Waals surface area contributed by atoms with Gasteiger partial charge in [-0.1, -0.05) is 22.9 Å². The number of thiazole rings is 1. The van der Waals surface area contributed by atoms with E-state index < -0.39 is 9.84 Å². The number of nitrogens with zero attached hydrogens (tertiary/aromatic N) is 1. The third-order valence-corrected chi connectivity index (χ3v) is 4.25. The Morgan fingerprint density at radius 1 is 1.55 bits per heavy atom. The molecule has 0 N–H and O–H groups in total. The van der Waals surface area contributed by atoms with Crippen molar-refractivity contribution in [3.8, 4) is 0 Å². The fraction of sp³-hybridized carbons (Fsp3) is 0.400. The van der Waals surface area contributed by atoms with Crippen LogP contribution in [0.3, 0.4) is 0 Å². The summed E-state index contributed by atoms with van der Waals surface area (Å²) < 4.78 is 22.5. The summed E-state index contributed by atoms with van der Waals surface area (Å²) in [4.78, 5) is 3.78. The summed E-state index contributed by atoms with van der Waals surface area (Å²) in [6, 6.07) is 0. The molecule has 3 nitrogen and oxygen atoms in total. The van der Waals surface area contributed by atoms with Crippen LogP contribution in [0.1, 0.15) is 5.69 Å². The van der Waals surface area contributed by atoms with E-state index in [4.69, 9.17) is 11.6 Å². The van der Waals surface area contributed by atoms with E-state index in [-0.39, 0.29) is 8.68 Å². The van der Waals surface area contributed by atoms with Gasteiger partial charge in [0.15, 0.2) is 14.3 Å². The van der Waals surface area contributed by atoms with Crippen molar-refractivity contribution in [1.82, 2.24) is 4.98 Å². The molecule has 1 rings (SSSR count). The fourth-order valence-corrected chi connectivity index (χ4v) is 3.14. The highest BCUT2D eigenvalue weighted by Gasteiger charge is 2.15. The summed E-state index contributed by atoms with van der Waals surface area (Å²) in [5.74, 6) is 0. The minimum atomic E-state index is -3.14. The molecule has 1 aromatic rings. The highest BCUT2D eigenvalue weighted by molar-refractivity contribution is 7.92. The smallest absolute Gasteiger partial charge is 0.186 e. The van der Waals surface area contributed by atoms with Crippen molar-refractivity contribution in [2.45, 2.75) is 11.1 Å². The maximum absolute atomic E-state index is 11.0. The van der Waals surface area contributed by atoms with Gasteiger partial charge in [0.05, 0.1) is 5.69 Å². The molecule has 0 saturated heterocycles. The maximum atomic E-state index is 11.0. The van der Waals surface area contributed by atoms with Gasteiger partial charge in [-0.15, -0.1) is 0 Å². The molecule has 62 valence electrons. The van der Waals surface area contributed by atoms with Gasteiger partial charge in [-0.3, -0.25) is 0 Å². The second kappa shape index (κ2) is 2.73. The third kappa shape index (κ3) is 1.91. The minimum Gasteiger partial charge on any atom is -0.229 e. The number of halogens is 1. The Bertz CT molecular complexity index is 368. The van der Waals surface area contributed by atoms with E-state index >= 15 is 0 Å². The molecule has 0 aliphatic heterocycles. The molecule has 0 aliphatic rings. The average molecular weight is 212 g/mol. The van der Waals surface area contributed by atoms with Gasteiger partial charge in [-0.05, 0) is 6.92 Å². The summed E-state index contributed by atoms with van der Waals surface area (Å²) >= 11 is 6.50. The van der Waals surface area contributed by atoms with Gasteiger partial charge in [-0.25, -0.2) is 13.4 Å². The van der Waals surface area contributed by atoms with Crippen LogP contribution in [-0.2, 0) is 9.84 Å². The van der Waals surface area contributed by atoms with Gasteiger partial charge in [0.1, 0.15) is 4.21 Å². The third-order valence-electron chi connectivity index (χ3n) is 1.06. The SMILES string of the molecule is Cc1nc(Cl)sc1S(C)(=O)=O. The van der Waals surface area contributed by atoms with Crippen LogP contribution in [0.25, 0.3) is 0 Å². The van der Waals surface area contributed by atoms with E-state index in [0.717, 1.165) is 17.6 Å². The van der Waals surface area contributed by atoms with E-state index in [9.17, 15) is 8.42 Å². The lowest BCUT2D eigenvalue weighted by atomic mass is 10.6. The molecular formula is C5H6ClNO2S2. The van der Waals surface area contributed by atoms with Crippen LogP contribution in [0.15, 0.2) is 4.21 Å². The molecule has 0 unspecified atom stereocenters. The largest absolute Gasteiger partial charge is 0.229 e. The lowest BCUT2D eigenvalue weighted by molar-refractivity contribution is 0.603. The quantitative estimate of drug-likeness (QED) is 0.708. The predicted octanol–water partition coefficient (Wildman–Crippen LogP) is 1.51. The van der Waals surface area contributed by atoms with Crippen LogP contribution in [0.4, 0.5) is 0 Å². The molecule has 0 fully saturated rings. The minimum absolute atomic E-state index is 0.252. The van der Waals surface area contributed by atoms with Crippen LogP contribution in [-0.4, -0.2) is 19.7 Å². The zero-order valence-corrected chi connectivity index (χ0v) is 8.35. The molecule has 0 amide bonds. The van der Waals surface area contributed by atoms with Crippen molar-refractivity contribution in [2.24, 2.45) is 0 Å². The fourth-order valence-electron chi connectivity index (χ4n) is 0.695. The van der Waals surface area contributed by atoms with E-state index in [1.165, 1.54) is 0 Å². The van der Waals surface area contributed by atoms with Crippen LogP contribution < -0.4 is 0 Å². The Labute approximate surface area is 73.9 Å². The second-order valence-corrected chi connectivity index (χ2v) is 5.90. The van der Waals surface area contributed by atoms with Crippen LogP contribution in [0, 0.1) is 6.92 Å². The van der Waals surface area contributed by atoms with Crippen molar-refractivity contribution in [3.63, 3.8) is 0 Å². The van der Waals surface area contributed by atoms with Crippen LogP contribution in [0.2, 0.25) is 4.47 Å². The Morgan fingerprint density at radius 2 is 2.09 bits per heavy atom. The van der Waals surface area contributed by atoms with Crippen molar-refractivity contribution >= 4 is 32.8 Å². The van der Waals surface area contributed by atoms with Crippen LogP contribution in [0.5, 0.6) is 0 Å². The topological polar surface area (TPSA) is 47.0 Å². The zero-order valence-electron chi connectivity index (χ0n) is 5.96. The molecule has 1 aromatic heterocycles. The molecule has 0 bridgehead atoms. The first-order valence-electron chi connectivity index (χ1n) is 2.74. The Kier molecular flexibility index (Phi) is 2.22. The first-order chi connectivity index (χ1) is 4.91. The van der Waals surface area contributed by atoms with Gasteiger partial charge >= 0.3 is 0 Å². The van der Waals surface area contributed by atoms with Gasteiger partial charge in [-0.2, -0.15) is 0 Å². The summed E-state index contributed by atoms with van der Waals surface area (Å²) in [5.41, 5.74) is 0.475. The van der Waals surface area contributed by atoms with E-state index in [0.29, 0.717) is 5.69 Å². The van der Waals surface area contributed by atoms with E-state index in [1.54, 1.807) is 6.92 Å². The van der Waals surface area contributed by atoms with Crippen molar-refractivity contribution in [3.05, 3.63) is 10.2 Å². The molecule has 11 heavy (non-hydrogen) atoms. The number of sulfone groups is 1. The van der Waals surface area contributed by atoms with Gasteiger partial charge < -0.3 is 0 Å². The molecular weight excluding hydrogens is 206 g/mol.